The maximum Gasteiger partial charge on any atom is 0.255 e. The predicted octanol–water partition coefficient (Wildman–Crippen LogP) is 4.34. The molecule has 2 aromatic rings. The van der Waals surface area contributed by atoms with Gasteiger partial charge in [0.05, 0.1) is 29.0 Å². The number of thiophene rings is 1. The summed E-state index contributed by atoms with van der Waals surface area (Å²) in [5, 5.41) is 14.0. The predicted molar refractivity (Wildman–Crippen MR) is 123 cm³/mol. The number of carbonyl (C=O) groups is 1. The molecule has 4 heterocycles. The highest BCUT2D eigenvalue weighted by Gasteiger charge is 2.35. The van der Waals surface area contributed by atoms with Crippen molar-refractivity contribution in [3.05, 3.63) is 44.8 Å². The largest absolute Gasteiger partial charge is 0.370 e. The summed E-state index contributed by atoms with van der Waals surface area (Å²) in [6.45, 7) is 12.9. The van der Waals surface area contributed by atoms with Gasteiger partial charge in [-0.15, -0.1) is 0 Å². The van der Waals surface area contributed by atoms with E-state index in [1.54, 1.807) is 0 Å². The summed E-state index contributed by atoms with van der Waals surface area (Å²) in [6.07, 6.45) is 0.701. The smallest absolute Gasteiger partial charge is 0.255 e. The molecule has 0 bridgehead atoms. The molecule has 2 aliphatic heterocycles. The monoisotopic (exact) mass is 438 g/mol. The van der Waals surface area contributed by atoms with Crippen molar-refractivity contribution in [2.75, 3.05) is 24.5 Å². The molecule has 1 saturated heterocycles. The lowest BCUT2D eigenvalue weighted by Gasteiger charge is -2.42. The SMILES string of the molecule is CC(C)c1nc(N2CCN(C(=O)c3ccsc3)C(C)C2)c(C#N)c2c1COC(C)(C)C2. The third-order valence-corrected chi connectivity index (χ3v) is 6.93. The molecule has 0 saturated carbocycles. The van der Waals surface area contributed by atoms with E-state index in [0.29, 0.717) is 38.2 Å². The van der Waals surface area contributed by atoms with E-state index in [-0.39, 0.29) is 23.5 Å². The third-order valence-electron chi connectivity index (χ3n) is 6.25. The van der Waals surface area contributed by atoms with E-state index in [9.17, 15) is 10.1 Å². The summed E-state index contributed by atoms with van der Waals surface area (Å²) < 4.78 is 6.05. The second kappa shape index (κ2) is 8.25. The van der Waals surface area contributed by atoms with Gasteiger partial charge < -0.3 is 14.5 Å². The van der Waals surface area contributed by atoms with E-state index in [1.807, 2.05) is 21.7 Å². The molecule has 0 aliphatic carbocycles. The quantitative estimate of drug-likeness (QED) is 0.713. The lowest BCUT2D eigenvalue weighted by molar-refractivity contribution is -0.0408. The first-order valence-electron chi connectivity index (χ1n) is 10.9. The molecule has 0 N–H and O–H groups in total. The Morgan fingerprint density at radius 2 is 2.13 bits per heavy atom. The highest BCUT2D eigenvalue weighted by molar-refractivity contribution is 7.08. The normalized spacial score (nSPS) is 20.5. The first-order valence-corrected chi connectivity index (χ1v) is 11.8. The average Bonchev–Trinajstić information content (AvgIpc) is 3.26. The Balaban J connectivity index is 1.68. The first kappa shape index (κ1) is 21.8. The second-order valence-electron chi connectivity index (χ2n) is 9.45. The van der Waals surface area contributed by atoms with Crippen molar-refractivity contribution in [2.24, 2.45) is 0 Å². The van der Waals surface area contributed by atoms with Gasteiger partial charge in [-0.2, -0.15) is 16.6 Å². The Labute approximate surface area is 188 Å². The Hall–Kier alpha value is -2.43. The zero-order valence-electron chi connectivity index (χ0n) is 18.9. The van der Waals surface area contributed by atoms with Crippen LogP contribution >= 0.6 is 11.3 Å². The fraction of sp³-hybridized carbons (Fsp3) is 0.542. The van der Waals surface area contributed by atoms with Crippen LogP contribution in [0.2, 0.25) is 0 Å². The Kier molecular flexibility index (Phi) is 5.80. The molecule has 7 heteroatoms. The average molecular weight is 439 g/mol. The number of amides is 1. The molecule has 0 spiro atoms. The maximum atomic E-state index is 12.9. The molecule has 0 radical (unpaired) electrons. The molecule has 164 valence electrons. The number of pyridine rings is 1. The summed E-state index contributed by atoms with van der Waals surface area (Å²) in [5.41, 5.74) is 4.29. The van der Waals surface area contributed by atoms with Gasteiger partial charge in [-0.1, -0.05) is 13.8 Å². The molecular formula is C24H30N4O2S. The van der Waals surface area contributed by atoms with E-state index in [1.165, 1.54) is 11.3 Å². The Morgan fingerprint density at radius 1 is 1.35 bits per heavy atom. The second-order valence-corrected chi connectivity index (χ2v) is 10.2. The van der Waals surface area contributed by atoms with Gasteiger partial charge in [0.25, 0.3) is 5.91 Å². The van der Waals surface area contributed by atoms with E-state index in [4.69, 9.17) is 9.72 Å². The van der Waals surface area contributed by atoms with Gasteiger partial charge in [0.1, 0.15) is 11.9 Å². The first-order chi connectivity index (χ1) is 14.7. The van der Waals surface area contributed by atoms with Gasteiger partial charge in [-0.3, -0.25) is 4.79 Å². The van der Waals surface area contributed by atoms with E-state index in [0.717, 1.165) is 28.2 Å². The highest BCUT2D eigenvalue weighted by atomic mass is 32.1. The van der Waals surface area contributed by atoms with E-state index >= 15 is 0 Å². The van der Waals surface area contributed by atoms with Crippen LogP contribution in [0, 0.1) is 11.3 Å². The van der Waals surface area contributed by atoms with Crippen molar-refractivity contribution in [1.82, 2.24) is 9.88 Å². The molecule has 6 nitrogen and oxygen atoms in total. The van der Waals surface area contributed by atoms with Crippen LogP contribution in [-0.2, 0) is 17.8 Å². The zero-order chi connectivity index (χ0) is 22.3. The van der Waals surface area contributed by atoms with Crippen molar-refractivity contribution in [1.29, 1.82) is 5.26 Å². The van der Waals surface area contributed by atoms with E-state index in [2.05, 4.69) is 45.6 Å². The van der Waals surface area contributed by atoms with Gasteiger partial charge in [0.2, 0.25) is 0 Å². The topological polar surface area (TPSA) is 69.5 Å². The molecule has 31 heavy (non-hydrogen) atoms. The molecule has 4 rings (SSSR count). The van der Waals surface area contributed by atoms with Crippen LogP contribution in [0.1, 0.15) is 73.3 Å². The minimum atomic E-state index is -0.301. The van der Waals surface area contributed by atoms with Crippen LogP contribution in [0.3, 0.4) is 0 Å². The van der Waals surface area contributed by atoms with Crippen LogP contribution in [-0.4, -0.2) is 47.1 Å². The van der Waals surface area contributed by atoms with E-state index < -0.39 is 0 Å². The molecule has 1 unspecified atom stereocenters. The maximum absolute atomic E-state index is 12.9. The molecule has 1 atom stereocenters. The standard InChI is InChI=1S/C24H30N4O2S/c1-15(2)21-20-13-30-24(4,5)10-18(20)19(11-25)22(26-21)27-7-8-28(16(3)12-27)23(29)17-6-9-31-14-17/h6,9,14-16H,7-8,10,12-13H2,1-5H3. The summed E-state index contributed by atoms with van der Waals surface area (Å²) in [7, 11) is 0. The number of anilines is 1. The Morgan fingerprint density at radius 3 is 2.74 bits per heavy atom. The number of nitriles is 1. The number of nitrogens with zero attached hydrogens (tertiary/aromatic N) is 4. The number of piperazine rings is 1. The Bertz CT molecular complexity index is 1020. The molecule has 0 aromatic carbocycles. The van der Waals surface area contributed by atoms with Gasteiger partial charge in [-0.05, 0) is 43.7 Å². The number of aromatic nitrogens is 1. The molecule has 2 aromatic heterocycles. The fourth-order valence-corrected chi connectivity index (χ4v) is 5.24. The number of carbonyl (C=O) groups excluding carboxylic acids is 1. The number of hydrogen-bond acceptors (Lipinski definition) is 6. The van der Waals surface area contributed by atoms with Crippen LogP contribution in [0.5, 0.6) is 0 Å². The van der Waals surface area contributed by atoms with Crippen molar-refractivity contribution < 1.29 is 9.53 Å². The van der Waals surface area contributed by atoms with Crippen molar-refractivity contribution in [3.8, 4) is 6.07 Å². The fourth-order valence-electron chi connectivity index (χ4n) is 4.61. The lowest BCUT2D eigenvalue weighted by Crippen LogP contribution is -2.54. The number of hydrogen-bond donors (Lipinski definition) is 0. The lowest BCUT2D eigenvalue weighted by atomic mass is 9.86. The van der Waals surface area contributed by atoms with Crippen molar-refractivity contribution in [3.63, 3.8) is 0 Å². The summed E-state index contributed by atoms with van der Waals surface area (Å²) in [4.78, 5) is 22.0. The summed E-state index contributed by atoms with van der Waals surface area (Å²) in [5.74, 6) is 1.08. The molecule has 1 amide bonds. The third kappa shape index (κ3) is 4.07. The highest BCUT2D eigenvalue weighted by Crippen LogP contribution is 2.38. The molecule has 2 aliphatic rings. The molecule has 1 fully saturated rings. The van der Waals surface area contributed by atoms with Gasteiger partial charge in [0.15, 0.2) is 0 Å². The van der Waals surface area contributed by atoms with Crippen LogP contribution in [0.15, 0.2) is 16.8 Å². The minimum Gasteiger partial charge on any atom is -0.370 e. The summed E-state index contributed by atoms with van der Waals surface area (Å²) in [6, 6.07) is 4.37. The van der Waals surface area contributed by atoms with Crippen molar-refractivity contribution >= 4 is 23.1 Å². The number of fused-ring (bicyclic) bond motifs is 1. The minimum absolute atomic E-state index is 0.0350. The number of rotatable bonds is 3. The zero-order valence-corrected chi connectivity index (χ0v) is 19.8. The summed E-state index contributed by atoms with van der Waals surface area (Å²) >= 11 is 1.54. The van der Waals surface area contributed by atoms with Crippen molar-refractivity contribution in [2.45, 2.75) is 65.2 Å². The molecular weight excluding hydrogens is 408 g/mol. The van der Waals surface area contributed by atoms with Crippen LogP contribution in [0.25, 0.3) is 0 Å². The number of ether oxygens (including phenoxy) is 1. The van der Waals surface area contributed by atoms with Gasteiger partial charge in [-0.25, -0.2) is 4.98 Å². The van der Waals surface area contributed by atoms with Crippen LogP contribution in [0.4, 0.5) is 5.82 Å². The van der Waals surface area contributed by atoms with Gasteiger partial charge in [0, 0.05) is 43.0 Å². The van der Waals surface area contributed by atoms with Crippen LogP contribution < -0.4 is 4.90 Å². The van der Waals surface area contributed by atoms with Gasteiger partial charge >= 0.3 is 0 Å².